The second kappa shape index (κ2) is 11.2. The molecular weight excluding hydrogens is 495 g/mol. The average molecular weight is 519 g/mol. The lowest BCUT2D eigenvalue weighted by Crippen LogP contribution is -2.15. The Hall–Kier alpha value is -4.23. The van der Waals surface area contributed by atoms with E-state index >= 15 is 4.39 Å². The van der Waals surface area contributed by atoms with Crippen LogP contribution in [0.5, 0.6) is 0 Å². The summed E-state index contributed by atoms with van der Waals surface area (Å²) in [6, 6.07) is 20.9. The van der Waals surface area contributed by atoms with Crippen LogP contribution in [-0.2, 0) is 11.2 Å². The van der Waals surface area contributed by atoms with Crippen molar-refractivity contribution in [3.63, 3.8) is 0 Å². The van der Waals surface area contributed by atoms with Gasteiger partial charge in [0, 0.05) is 34.7 Å². The van der Waals surface area contributed by atoms with E-state index in [0.29, 0.717) is 22.3 Å². The number of carboxylic acids is 1. The van der Waals surface area contributed by atoms with Crippen LogP contribution >= 0.6 is 11.6 Å². The van der Waals surface area contributed by atoms with Gasteiger partial charge in [-0.3, -0.25) is 9.59 Å². The highest BCUT2D eigenvalue weighted by Gasteiger charge is 2.22. The number of aromatic nitrogens is 1. The molecule has 3 N–H and O–H groups in total. The number of H-pyrrole nitrogens is 1. The fourth-order valence-electron chi connectivity index (χ4n) is 4.26. The Bertz CT molecular complexity index is 1510. The minimum absolute atomic E-state index is 0.0445. The molecule has 1 aromatic heterocycles. The van der Waals surface area contributed by atoms with Crippen molar-refractivity contribution in [1.29, 1.82) is 0 Å². The molecule has 4 rings (SSSR count). The molecule has 6 nitrogen and oxygen atoms in total. The van der Waals surface area contributed by atoms with Gasteiger partial charge in [-0.25, -0.2) is 4.39 Å². The zero-order valence-electron chi connectivity index (χ0n) is 19.9. The summed E-state index contributed by atoms with van der Waals surface area (Å²) >= 11 is 5.99. The molecule has 4 aromatic rings. The first-order valence-corrected chi connectivity index (χ1v) is 11.9. The third-order valence-electron chi connectivity index (χ3n) is 6.23. The smallest absolute Gasteiger partial charge is 0.307 e. The third-order valence-corrected chi connectivity index (χ3v) is 6.47. The van der Waals surface area contributed by atoms with Gasteiger partial charge < -0.3 is 15.3 Å². The van der Waals surface area contributed by atoms with Gasteiger partial charge >= 0.3 is 5.97 Å². The molecule has 0 aliphatic rings. The van der Waals surface area contributed by atoms with E-state index in [9.17, 15) is 14.8 Å². The number of hydrogen-bond acceptors (Lipinski definition) is 4. The van der Waals surface area contributed by atoms with Gasteiger partial charge in [-0.15, -0.1) is 0 Å². The van der Waals surface area contributed by atoms with Crippen LogP contribution in [-0.4, -0.2) is 27.0 Å². The largest absolute Gasteiger partial charge is 0.481 e. The van der Waals surface area contributed by atoms with E-state index in [1.807, 2.05) is 36.4 Å². The van der Waals surface area contributed by atoms with Gasteiger partial charge in [0.15, 0.2) is 0 Å². The number of benzene rings is 3. The number of oxime groups is 1. The number of halogens is 2. The quantitative estimate of drug-likeness (QED) is 0.147. The van der Waals surface area contributed by atoms with E-state index in [1.54, 1.807) is 37.3 Å². The predicted octanol–water partition coefficient (Wildman–Crippen LogP) is 6.17. The van der Waals surface area contributed by atoms with Crippen LogP contribution in [0.1, 0.15) is 40.2 Å². The Morgan fingerprint density at radius 2 is 1.68 bits per heavy atom. The van der Waals surface area contributed by atoms with Crippen molar-refractivity contribution in [1.82, 2.24) is 4.98 Å². The average Bonchev–Trinajstić information content (AvgIpc) is 2.87. The van der Waals surface area contributed by atoms with E-state index in [1.165, 1.54) is 12.3 Å². The molecule has 0 aliphatic carbocycles. The Labute approximate surface area is 217 Å². The van der Waals surface area contributed by atoms with Gasteiger partial charge in [-0.1, -0.05) is 71.4 Å². The fourth-order valence-corrected chi connectivity index (χ4v) is 4.42. The number of hydrogen-bond donors (Lipinski definition) is 3. The second-order valence-electron chi connectivity index (χ2n) is 8.76. The Morgan fingerprint density at radius 1 is 1.03 bits per heavy atom. The zero-order chi connectivity index (χ0) is 26.5. The lowest BCUT2D eigenvalue weighted by Gasteiger charge is -2.20. The zero-order valence-corrected chi connectivity index (χ0v) is 20.7. The molecule has 0 radical (unpaired) electrons. The maximum atomic E-state index is 15.1. The fraction of sp³-hybridized carbons (Fsp3) is 0.138. The minimum Gasteiger partial charge on any atom is -0.481 e. The second-order valence-corrected chi connectivity index (χ2v) is 9.20. The summed E-state index contributed by atoms with van der Waals surface area (Å²) < 4.78 is 15.1. The van der Waals surface area contributed by atoms with Crippen molar-refractivity contribution in [2.75, 3.05) is 0 Å². The number of rotatable bonds is 8. The molecule has 0 aliphatic heterocycles. The molecule has 0 spiro atoms. The van der Waals surface area contributed by atoms with E-state index in [-0.39, 0.29) is 29.1 Å². The molecular formula is C29H24ClFN2O4. The molecule has 0 unspecified atom stereocenters. The number of pyridine rings is 1. The first-order chi connectivity index (χ1) is 17.7. The number of carboxylic acid groups (broad SMARTS) is 1. The van der Waals surface area contributed by atoms with Crippen LogP contribution in [0.25, 0.3) is 11.1 Å². The number of aromatic amines is 1. The standard InChI is InChI=1S/C29H24ClFN2O4/c1-17-12-22(16-32-29(17)36)27(33-37)15-25(24-11-10-23(30)14-26(24)31)21-8-6-20(7-9-21)19-4-2-18(3-5-19)13-28(34)35/h2-12,14,16,25,37H,13,15H2,1H3,(H,32,36)(H,34,35)/b33-27+/t25-/m0/s1. The summed E-state index contributed by atoms with van der Waals surface area (Å²) in [7, 11) is 0. The SMILES string of the molecule is Cc1cc(/C(C[C@@H](c2ccc(-c3ccc(CC(=O)O)cc3)cc2)c2ccc(Cl)cc2F)=N/O)c[nH]c1=O. The normalized spacial score (nSPS) is 12.4. The number of aliphatic carboxylic acids is 1. The van der Waals surface area contributed by atoms with E-state index in [0.717, 1.165) is 16.7 Å². The molecule has 0 amide bonds. The first-order valence-electron chi connectivity index (χ1n) is 11.5. The van der Waals surface area contributed by atoms with Gasteiger partial charge in [0.05, 0.1) is 12.1 Å². The molecule has 37 heavy (non-hydrogen) atoms. The maximum Gasteiger partial charge on any atom is 0.307 e. The highest BCUT2D eigenvalue weighted by Crippen LogP contribution is 2.34. The molecule has 3 aromatic carbocycles. The lowest BCUT2D eigenvalue weighted by molar-refractivity contribution is -0.136. The summed E-state index contributed by atoms with van der Waals surface area (Å²) in [6.07, 6.45) is 1.58. The number of aryl methyl sites for hydroxylation is 1. The summed E-state index contributed by atoms with van der Waals surface area (Å²) in [6.45, 7) is 1.65. The van der Waals surface area contributed by atoms with Crippen molar-refractivity contribution >= 4 is 23.3 Å². The van der Waals surface area contributed by atoms with Crippen molar-refractivity contribution in [3.05, 3.63) is 128 Å². The van der Waals surface area contributed by atoms with Gasteiger partial charge in [0.2, 0.25) is 0 Å². The monoisotopic (exact) mass is 518 g/mol. The van der Waals surface area contributed by atoms with Crippen molar-refractivity contribution in [2.45, 2.75) is 25.7 Å². The van der Waals surface area contributed by atoms with Crippen LogP contribution < -0.4 is 5.56 Å². The highest BCUT2D eigenvalue weighted by molar-refractivity contribution is 6.30. The van der Waals surface area contributed by atoms with Crippen LogP contribution in [0.4, 0.5) is 4.39 Å². The van der Waals surface area contributed by atoms with Crippen LogP contribution in [0.2, 0.25) is 5.02 Å². The number of nitrogens with one attached hydrogen (secondary N) is 1. The molecule has 188 valence electrons. The summed E-state index contributed by atoms with van der Waals surface area (Å²) in [5.41, 5.74) is 4.74. The van der Waals surface area contributed by atoms with Crippen LogP contribution in [0.3, 0.4) is 0 Å². The molecule has 0 bridgehead atoms. The van der Waals surface area contributed by atoms with Gasteiger partial charge in [-0.05, 0) is 52.9 Å². The summed E-state index contributed by atoms with van der Waals surface area (Å²) in [5, 5.41) is 22.5. The van der Waals surface area contributed by atoms with Crippen LogP contribution in [0, 0.1) is 12.7 Å². The van der Waals surface area contributed by atoms with Gasteiger partial charge in [0.25, 0.3) is 5.56 Å². The molecule has 0 saturated carbocycles. The van der Waals surface area contributed by atoms with Gasteiger partial charge in [0.1, 0.15) is 5.82 Å². The third kappa shape index (κ3) is 6.13. The minimum atomic E-state index is -0.889. The topological polar surface area (TPSA) is 103 Å². The van der Waals surface area contributed by atoms with Crippen molar-refractivity contribution in [2.24, 2.45) is 5.16 Å². The Morgan fingerprint density at radius 3 is 2.24 bits per heavy atom. The van der Waals surface area contributed by atoms with E-state index < -0.39 is 17.7 Å². The lowest BCUT2D eigenvalue weighted by atomic mass is 9.84. The Kier molecular flexibility index (Phi) is 7.84. The molecule has 1 heterocycles. The number of nitrogens with zero attached hydrogens (tertiary/aromatic N) is 1. The molecule has 0 saturated heterocycles. The van der Waals surface area contributed by atoms with E-state index in [4.69, 9.17) is 16.7 Å². The number of carbonyl (C=O) groups is 1. The molecule has 8 heteroatoms. The molecule has 0 fully saturated rings. The highest BCUT2D eigenvalue weighted by atomic mass is 35.5. The predicted molar refractivity (Wildman–Crippen MR) is 141 cm³/mol. The van der Waals surface area contributed by atoms with Gasteiger partial charge in [-0.2, -0.15) is 0 Å². The van der Waals surface area contributed by atoms with Crippen molar-refractivity contribution < 1.29 is 19.5 Å². The summed E-state index contributed by atoms with van der Waals surface area (Å²) in [4.78, 5) is 25.3. The Balaban J connectivity index is 1.69. The van der Waals surface area contributed by atoms with E-state index in [2.05, 4.69) is 10.1 Å². The summed E-state index contributed by atoms with van der Waals surface area (Å²) in [5.74, 6) is -1.88. The molecule has 1 atom stereocenters. The van der Waals surface area contributed by atoms with Crippen LogP contribution in [0.15, 0.2) is 88.9 Å². The maximum absolute atomic E-state index is 15.1. The first kappa shape index (κ1) is 25.9. The van der Waals surface area contributed by atoms with Crippen molar-refractivity contribution in [3.8, 4) is 11.1 Å².